The molecule has 0 spiro atoms. The second-order valence-corrected chi connectivity index (χ2v) is 6.89. The maximum Gasteiger partial charge on any atom is 0.255 e. The van der Waals surface area contributed by atoms with Crippen molar-refractivity contribution >= 4 is 42.1 Å². The van der Waals surface area contributed by atoms with Gasteiger partial charge in [0.25, 0.3) is 5.91 Å². The maximum atomic E-state index is 13.0. The Morgan fingerprint density at radius 2 is 1.82 bits per heavy atom. The van der Waals surface area contributed by atoms with Crippen LogP contribution in [0.25, 0.3) is 0 Å². The highest BCUT2D eigenvalue weighted by Crippen LogP contribution is 2.27. The molecule has 1 amide bonds. The molecule has 154 valence electrons. The van der Waals surface area contributed by atoms with Crippen LogP contribution < -0.4 is 15.8 Å². The number of nitrogens with zero attached hydrogens (tertiary/aromatic N) is 1. The fourth-order valence-electron chi connectivity index (χ4n) is 3.43. The third kappa shape index (κ3) is 5.77. The molecule has 1 aliphatic heterocycles. The van der Waals surface area contributed by atoms with Gasteiger partial charge in [-0.25, -0.2) is 0 Å². The summed E-state index contributed by atoms with van der Waals surface area (Å²) in [5.41, 5.74) is 8.39. The van der Waals surface area contributed by atoms with Crippen LogP contribution in [0.1, 0.15) is 30.1 Å². The number of nitrogens with one attached hydrogen (secondary N) is 1. The van der Waals surface area contributed by atoms with Crippen molar-refractivity contribution in [2.24, 2.45) is 11.7 Å². The van der Waals surface area contributed by atoms with E-state index in [1.807, 2.05) is 53.4 Å². The van der Waals surface area contributed by atoms with Crippen LogP contribution in [0.5, 0.6) is 5.75 Å². The Kier molecular flexibility index (Phi) is 9.59. The number of anilines is 2. The van der Waals surface area contributed by atoms with Gasteiger partial charge in [-0.2, -0.15) is 0 Å². The number of carbonyl (C=O) groups excluding carboxylic acids is 1. The molecule has 1 saturated heterocycles. The Balaban J connectivity index is 0.00000196. The highest BCUT2D eigenvalue weighted by Gasteiger charge is 2.26. The SMILES string of the molecule is COc1cccc(Nc2ccccc2C(=O)N2CCC(C(C)N)CC2)c1.Cl.Cl. The van der Waals surface area contributed by atoms with Crippen LogP contribution in [-0.2, 0) is 0 Å². The molecular formula is C21H29Cl2N3O2. The lowest BCUT2D eigenvalue weighted by Gasteiger charge is -2.34. The van der Waals surface area contributed by atoms with E-state index in [1.165, 1.54) is 0 Å². The van der Waals surface area contributed by atoms with Gasteiger partial charge in [0, 0.05) is 30.9 Å². The fraction of sp³-hybridized carbons (Fsp3) is 0.381. The number of amides is 1. The van der Waals surface area contributed by atoms with Crippen molar-refractivity contribution in [2.45, 2.75) is 25.8 Å². The topological polar surface area (TPSA) is 67.6 Å². The molecule has 1 aliphatic rings. The minimum absolute atomic E-state index is 0. The molecule has 2 aromatic rings. The van der Waals surface area contributed by atoms with Gasteiger partial charge in [0.2, 0.25) is 0 Å². The van der Waals surface area contributed by atoms with E-state index in [-0.39, 0.29) is 36.8 Å². The van der Waals surface area contributed by atoms with Gasteiger partial charge < -0.3 is 20.7 Å². The van der Waals surface area contributed by atoms with E-state index in [9.17, 15) is 4.79 Å². The maximum absolute atomic E-state index is 13.0. The Labute approximate surface area is 179 Å². The minimum Gasteiger partial charge on any atom is -0.497 e. The largest absolute Gasteiger partial charge is 0.497 e. The van der Waals surface area contributed by atoms with Gasteiger partial charge in [0.05, 0.1) is 18.4 Å². The van der Waals surface area contributed by atoms with Crippen molar-refractivity contribution in [1.82, 2.24) is 4.90 Å². The molecule has 3 N–H and O–H groups in total. The summed E-state index contributed by atoms with van der Waals surface area (Å²) in [7, 11) is 1.64. The Hall–Kier alpha value is -1.95. The normalized spacial score (nSPS) is 15.0. The molecule has 5 nitrogen and oxygen atoms in total. The van der Waals surface area contributed by atoms with Gasteiger partial charge >= 0.3 is 0 Å². The lowest BCUT2D eigenvalue weighted by Crippen LogP contribution is -2.42. The van der Waals surface area contributed by atoms with Gasteiger partial charge in [-0.3, -0.25) is 4.79 Å². The van der Waals surface area contributed by atoms with Crippen molar-refractivity contribution in [3.63, 3.8) is 0 Å². The number of carbonyl (C=O) groups is 1. The van der Waals surface area contributed by atoms with Gasteiger partial charge in [-0.15, -0.1) is 24.8 Å². The zero-order valence-electron chi connectivity index (χ0n) is 16.3. The zero-order chi connectivity index (χ0) is 18.5. The number of methoxy groups -OCH3 is 1. The molecule has 0 bridgehead atoms. The molecule has 0 aliphatic carbocycles. The average molecular weight is 426 g/mol. The lowest BCUT2D eigenvalue weighted by atomic mass is 9.90. The number of ether oxygens (including phenoxy) is 1. The molecular weight excluding hydrogens is 397 g/mol. The van der Waals surface area contributed by atoms with Crippen molar-refractivity contribution in [3.05, 3.63) is 54.1 Å². The summed E-state index contributed by atoms with van der Waals surface area (Å²) in [4.78, 5) is 15.0. The van der Waals surface area contributed by atoms with Crippen molar-refractivity contribution in [2.75, 3.05) is 25.5 Å². The predicted molar refractivity (Wildman–Crippen MR) is 119 cm³/mol. The van der Waals surface area contributed by atoms with Gasteiger partial charge in [0.1, 0.15) is 5.75 Å². The molecule has 3 rings (SSSR count). The van der Waals surface area contributed by atoms with Crippen LogP contribution in [-0.4, -0.2) is 37.0 Å². The van der Waals surface area contributed by atoms with E-state index < -0.39 is 0 Å². The first-order chi connectivity index (χ1) is 12.6. The van der Waals surface area contributed by atoms with E-state index in [1.54, 1.807) is 7.11 Å². The summed E-state index contributed by atoms with van der Waals surface area (Å²) in [5.74, 6) is 1.35. The number of para-hydroxylation sites is 1. The molecule has 1 fully saturated rings. The summed E-state index contributed by atoms with van der Waals surface area (Å²) in [6.45, 7) is 3.58. The number of nitrogens with two attached hydrogens (primary N) is 1. The standard InChI is InChI=1S/C21H27N3O2.2ClH/c1-15(22)16-10-12-24(13-11-16)21(25)19-8-3-4-9-20(19)23-17-6-5-7-18(14-17)26-2;;/h3-9,14-16,23H,10-13,22H2,1-2H3;2*1H. The fourth-order valence-corrected chi connectivity index (χ4v) is 3.43. The number of benzene rings is 2. The third-order valence-electron chi connectivity index (χ3n) is 5.08. The van der Waals surface area contributed by atoms with Crippen LogP contribution in [0.15, 0.2) is 48.5 Å². The Morgan fingerprint density at radius 1 is 1.14 bits per heavy atom. The highest BCUT2D eigenvalue weighted by molar-refractivity contribution is 6.00. The zero-order valence-corrected chi connectivity index (χ0v) is 17.9. The van der Waals surface area contributed by atoms with E-state index in [4.69, 9.17) is 10.5 Å². The minimum atomic E-state index is 0. The second kappa shape index (κ2) is 11.1. The first kappa shape index (κ1) is 24.1. The predicted octanol–water partition coefficient (Wildman–Crippen LogP) is 4.48. The van der Waals surface area contributed by atoms with Crippen molar-refractivity contribution < 1.29 is 9.53 Å². The van der Waals surface area contributed by atoms with Crippen LogP contribution in [0.2, 0.25) is 0 Å². The molecule has 1 unspecified atom stereocenters. The lowest BCUT2D eigenvalue weighted by molar-refractivity contribution is 0.0682. The summed E-state index contributed by atoms with van der Waals surface area (Å²) in [6.07, 6.45) is 1.93. The smallest absolute Gasteiger partial charge is 0.255 e. The number of likely N-dealkylation sites (tertiary alicyclic amines) is 1. The molecule has 0 saturated carbocycles. The number of piperidine rings is 1. The van der Waals surface area contributed by atoms with Gasteiger partial charge in [0.15, 0.2) is 0 Å². The first-order valence-corrected chi connectivity index (χ1v) is 9.13. The summed E-state index contributed by atoms with van der Waals surface area (Å²) in [5, 5.41) is 3.35. The highest BCUT2D eigenvalue weighted by atomic mass is 35.5. The van der Waals surface area contributed by atoms with Gasteiger partial charge in [-0.05, 0) is 49.9 Å². The Morgan fingerprint density at radius 3 is 2.46 bits per heavy atom. The number of halogens is 2. The molecule has 1 heterocycles. The monoisotopic (exact) mass is 425 g/mol. The molecule has 28 heavy (non-hydrogen) atoms. The van der Waals surface area contributed by atoms with Crippen molar-refractivity contribution in [3.8, 4) is 5.75 Å². The van der Waals surface area contributed by atoms with E-state index in [0.717, 1.165) is 43.1 Å². The van der Waals surface area contributed by atoms with Crippen LogP contribution in [0.4, 0.5) is 11.4 Å². The first-order valence-electron chi connectivity index (χ1n) is 9.13. The molecule has 0 aromatic heterocycles. The van der Waals surface area contributed by atoms with Crippen LogP contribution in [0.3, 0.4) is 0 Å². The molecule has 7 heteroatoms. The quantitative estimate of drug-likeness (QED) is 0.740. The number of hydrogen-bond donors (Lipinski definition) is 2. The summed E-state index contributed by atoms with van der Waals surface area (Å²) < 4.78 is 5.27. The second-order valence-electron chi connectivity index (χ2n) is 6.89. The van der Waals surface area contributed by atoms with Gasteiger partial charge in [-0.1, -0.05) is 18.2 Å². The molecule has 0 radical (unpaired) electrons. The van der Waals surface area contributed by atoms with E-state index >= 15 is 0 Å². The van der Waals surface area contributed by atoms with Crippen LogP contribution >= 0.6 is 24.8 Å². The third-order valence-corrected chi connectivity index (χ3v) is 5.08. The number of rotatable bonds is 5. The van der Waals surface area contributed by atoms with E-state index in [0.29, 0.717) is 11.5 Å². The van der Waals surface area contributed by atoms with Crippen LogP contribution in [0, 0.1) is 5.92 Å². The van der Waals surface area contributed by atoms with E-state index in [2.05, 4.69) is 12.2 Å². The number of hydrogen-bond acceptors (Lipinski definition) is 4. The average Bonchev–Trinajstić information content (AvgIpc) is 2.68. The molecule has 2 aromatic carbocycles. The Bertz CT molecular complexity index is 763. The summed E-state index contributed by atoms with van der Waals surface area (Å²) in [6, 6.07) is 15.5. The summed E-state index contributed by atoms with van der Waals surface area (Å²) >= 11 is 0. The molecule has 1 atom stereocenters. The van der Waals surface area contributed by atoms with Crippen molar-refractivity contribution in [1.29, 1.82) is 0 Å².